The summed E-state index contributed by atoms with van der Waals surface area (Å²) >= 11 is 5.96. The molecule has 7 heteroatoms. The molecule has 0 saturated carbocycles. The Kier molecular flexibility index (Phi) is 5.89. The lowest BCUT2D eigenvalue weighted by atomic mass is 10.1. The first-order chi connectivity index (χ1) is 11.4. The summed E-state index contributed by atoms with van der Waals surface area (Å²) in [6.07, 6.45) is 0. The second-order valence-electron chi connectivity index (χ2n) is 5.46. The number of nitro groups is 1. The molecule has 0 heterocycles. The van der Waals surface area contributed by atoms with Crippen LogP contribution in [0.4, 0.5) is 11.4 Å². The minimum atomic E-state index is -0.465. The van der Waals surface area contributed by atoms with Crippen LogP contribution >= 0.6 is 11.6 Å². The van der Waals surface area contributed by atoms with Crippen molar-refractivity contribution in [2.24, 2.45) is 0 Å². The molecule has 0 unspecified atom stereocenters. The first-order valence-corrected chi connectivity index (χ1v) is 7.78. The number of nitro benzene ring substituents is 1. The van der Waals surface area contributed by atoms with Crippen LogP contribution in [0, 0.1) is 17.0 Å². The van der Waals surface area contributed by atoms with Gasteiger partial charge >= 0.3 is 0 Å². The lowest BCUT2D eigenvalue weighted by Gasteiger charge is -2.15. The lowest BCUT2D eigenvalue weighted by molar-refractivity contribution is -0.384. The number of amides is 1. The molecule has 0 aliphatic rings. The Bertz CT molecular complexity index is 764. The van der Waals surface area contributed by atoms with E-state index >= 15 is 0 Å². The van der Waals surface area contributed by atoms with E-state index in [1.54, 1.807) is 13.0 Å². The van der Waals surface area contributed by atoms with Gasteiger partial charge < -0.3 is 10.6 Å². The monoisotopic (exact) mass is 347 g/mol. The molecule has 6 nitrogen and oxygen atoms in total. The molecule has 0 aliphatic carbocycles. The van der Waals surface area contributed by atoms with E-state index in [4.69, 9.17) is 11.6 Å². The summed E-state index contributed by atoms with van der Waals surface area (Å²) in [7, 11) is 0. The van der Waals surface area contributed by atoms with E-state index in [0.717, 1.165) is 5.56 Å². The molecule has 1 amide bonds. The van der Waals surface area contributed by atoms with Crippen LogP contribution in [0.25, 0.3) is 0 Å². The SMILES string of the molecule is Cc1cc([N+](=O)[O-])ccc1NC(=O)CN[C@@H](C)c1cccc(Cl)c1. The van der Waals surface area contributed by atoms with Crippen molar-refractivity contribution in [3.63, 3.8) is 0 Å². The number of hydrogen-bond acceptors (Lipinski definition) is 4. The van der Waals surface area contributed by atoms with E-state index in [9.17, 15) is 14.9 Å². The minimum absolute atomic E-state index is 0.00166. The van der Waals surface area contributed by atoms with Gasteiger partial charge in [0.25, 0.3) is 5.69 Å². The highest BCUT2D eigenvalue weighted by Gasteiger charge is 2.12. The van der Waals surface area contributed by atoms with E-state index in [2.05, 4.69) is 10.6 Å². The average molecular weight is 348 g/mol. The molecular formula is C17H18ClN3O3. The van der Waals surface area contributed by atoms with E-state index in [1.165, 1.54) is 18.2 Å². The molecular weight excluding hydrogens is 330 g/mol. The third-order valence-corrected chi connectivity index (χ3v) is 3.85. The molecule has 0 aliphatic heterocycles. The van der Waals surface area contributed by atoms with Crippen molar-refractivity contribution in [1.82, 2.24) is 5.32 Å². The normalized spacial score (nSPS) is 11.8. The van der Waals surface area contributed by atoms with Gasteiger partial charge in [-0.2, -0.15) is 0 Å². The van der Waals surface area contributed by atoms with Gasteiger partial charge in [-0.15, -0.1) is 0 Å². The highest BCUT2D eigenvalue weighted by Crippen LogP contribution is 2.21. The first kappa shape index (κ1) is 17.9. The van der Waals surface area contributed by atoms with Gasteiger partial charge in [0.05, 0.1) is 11.5 Å². The number of carbonyl (C=O) groups is 1. The Hall–Kier alpha value is -2.44. The molecule has 24 heavy (non-hydrogen) atoms. The van der Waals surface area contributed by atoms with Crippen LogP contribution in [-0.4, -0.2) is 17.4 Å². The fourth-order valence-corrected chi connectivity index (χ4v) is 2.43. The smallest absolute Gasteiger partial charge is 0.269 e. The maximum Gasteiger partial charge on any atom is 0.269 e. The van der Waals surface area contributed by atoms with Gasteiger partial charge in [-0.3, -0.25) is 14.9 Å². The van der Waals surface area contributed by atoms with Gasteiger partial charge in [-0.1, -0.05) is 23.7 Å². The van der Waals surface area contributed by atoms with Gasteiger partial charge in [-0.05, 0) is 43.2 Å². The Balaban J connectivity index is 1.93. The number of carbonyl (C=O) groups excluding carboxylic acids is 1. The predicted octanol–water partition coefficient (Wildman–Crippen LogP) is 3.85. The topological polar surface area (TPSA) is 84.3 Å². The third kappa shape index (κ3) is 4.78. The molecule has 0 aromatic heterocycles. The fourth-order valence-electron chi connectivity index (χ4n) is 2.24. The van der Waals surface area contributed by atoms with Crippen molar-refractivity contribution in [1.29, 1.82) is 0 Å². The molecule has 0 spiro atoms. The van der Waals surface area contributed by atoms with Gasteiger partial charge in [0.2, 0.25) is 5.91 Å². The number of nitrogens with zero attached hydrogens (tertiary/aromatic N) is 1. The maximum atomic E-state index is 12.1. The number of nitrogens with one attached hydrogen (secondary N) is 2. The van der Waals surface area contributed by atoms with Crippen molar-refractivity contribution in [3.05, 3.63) is 68.7 Å². The van der Waals surface area contributed by atoms with Crippen molar-refractivity contribution in [2.75, 3.05) is 11.9 Å². The highest BCUT2D eigenvalue weighted by atomic mass is 35.5. The van der Waals surface area contributed by atoms with Crippen molar-refractivity contribution >= 4 is 28.9 Å². The fraction of sp³-hybridized carbons (Fsp3) is 0.235. The van der Waals surface area contributed by atoms with Crippen molar-refractivity contribution < 1.29 is 9.72 Å². The summed E-state index contributed by atoms with van der Waals surface area (Å²) < 4.78 is 0. The first-order valence-electron chi connectivity index (χ1n) is 7.40. The average Bonchev–Trinajstić information content (AvgIpc) is 2.54. The molecule has 2 aromatic carbocycles. The Morgan fingerprint density at radius 1 is 1.29 bits per heavy atom. The Morgan fingerprint density at radius 2 is 2.04 bits per heavy atom. The largest absolute Gasteiger partial charge is 0.325 e. The summed E-state index contributed by atoms with van der Waals surface area (Å²) in [6, 6.07) is 11.7. The van der Waals surface area contributed by atoms with Gasteiger partial charge in [-0.25, -0.2) is 0 Å². The standard InChI is InChI=1S/C17H18ClN3O3/c1-11-8-15(21(23)24)6-7-16(11)20-17(22)10-19-12(2)13-4-3-5-14(18)9-13/h3-9,12,19H,10H2,1-2H3,(H,20,22)/t12-/m0/s1. The molecule has 1 atom stereocenters. The second-order valence-corrected chi connectivity index (χ2v) is 5.90. The maximum absolute atomic E-state index is 12.1. The molecule has 2 N–H and O–H groups in total. The Labute approximate surface area is 145 Å². The van der Waals surface area contributed by atoms with E-state index in [1.807, 2.05) is 25.1 Å². The molecule has 0 radical (unpaired) electrons. The molecule has 2 aromatic rings. The van der Waals surface area contributed by atoms with Crippen LogP contribution in [0.3, 0.4) is 0 Å². The summed E-state index contributed by atoms with van der Waals surface area (Å²) in [5, 5.41) is 17.2. The summed E-state index contributed by atoms with van der Waals surface area (Å²) in [5.74, 6) is -0.221. The van der Waals surface area contributed by atoms with Crippen LogP contribution in [-0.2, 0) is 4.79 Å². The number of benzene rings is 2. The van der Waals surface area contributed by atoms with Crippen LogP contribution in [0.2, 0.25) is 5.02 Å². The van der Waals surface area contributed by atoms with Crippen LogP contribution < -0.4 is 10.6 Å². The highest BCUT2D eigenvalue weighted by molar-refractivity contribution is 6.30. The lowest BCUT2D eigenvalue weighted by Crippen LogP contribution is -2.30. The Morgan fingerprint density at radius 3 is 2.67 bits per heavy atom. The predicted molar refractivity (Wildman–Crippen MR) is 94.3 cm³/mol. The summed E-state index contributed by atoms with van der Waals surface area (Å²) in [4.78, 5) is 22.3. The van der Waals surface area contributed by atoms with Gasteiger partial charge in [0.15, 0.2) is 0 Å². The van der Waals surface area contributed by atoms with E-state index in [0.29, 0.717) is 16.3 Å². The van der Waals surface area contributed by atoms with Crippen LogP contribution in [0.1, 0.15) is 24.1 Å². The van der Waals surface area contributed by atoms with Crippen LogP contribution in [0.5, 0.6) is 0 Å². The molecule has 0 bridgehead atoms. The van der Waals surface area contributed by atoms with E-state index < -0.39 is 4.92 Å². The quantitative estimate of drug-likeness (QED) is 0.614. The molecule has 126 valence electrons. The van der Waals surface area contributed by atoms with E-state index in [-0.39, 0.29) is 24.2 Å². The number of rotatable bonds is 6. The number of anilines is 1. The van der Waals surface area contributed by atoms with Gasteiger partial charge in [0, 0.05) is 28.9 Å². The summed E-state index contributed by atoms with van der Waals surface area (Å²) in [6.45, 7) is 3.77. The molecule has 0 fully saturated rings. The minimum Gasteiger partial charge on any atom is -0.325 e. The molecule has 0 saturated heterocycles. The van der Waals surface area contributed by atoms with Crippen LogP contribution in [0.15, 0.2) is 42.5 Å². The van der Waals surface area contributed by atoms with Gasteiger partial charge in [0.1, 0.15) is 0 Å². The number of non-ortho nitro benzene ring substituents is 1. The third-order valence-electron chi connectivity index (χ3n) is 3.61. The van der Waals surface area contributed by atoms with Crippen molar-refractivity contribution in [2.45, 2.75) is 19.9 Å². The zero-order valence-corrected chi connectivity index (χ0v) is 14.1. The molecule has 2 rings (SSSR count). The zero-order chi connectivity index (χ0) is 17.7. The second kappa shape index (κ2) is 7.90. The number of halogens is 1. The number of aryl methyl sites for hydroxylation is 1. The van der Waals surface area contributed by atoms with Crippen molar-refractivity contribution in [3.8, 4) is 0 Å². The summed E-state index contributed by atoms with van der Waals surface area (Å²) in [5.41, 5.74) is 2.18. The zero-order valence-electron chi connectivity index (χ0n) is 13.4. The number of hydrogen-bond donors (Lipinski definition) is 2.